The average Bonchev–Trinajstić information content (AvgIpc) is 2.46. The van der Waals surface area contributed by atoms with Crippen LogP contribution in [0.15, 0.2) is 24.7 Å². The number of aromatic nitrogens is 3. The molecule has 11 heavy (non-hydrogen) atoms. The van der Waals surface area contributed by atoms with Crippen LogP contribution in [0.2, 0.25) is 0 Å². The van der Waals surface area contributed by atoms with E-state index in [1.807, 2.05) is 22.9 Å². The second-order valence-electron chi connectivity index (χ2n) is 2.19. The van der Waals surface area contributed by atoms with Gasteiger partial charge in [0.15, 0.2) is 0 Å². The van der Waals surface area contributed by atoms with Gasteiger partial charge in [-0.15, -0.1) is 0 Å². The Balaban J connectivity index is 2.69. The summed E-state index contributed by atoms with van der Waals surface area (Å²) in [5, 5.41) is 0.774. The Hall–Kier alpha value is -0.900. The lowest BCUT2D eigenvalue weighted by atomic mass is 10.6. The number of rotatable bonds is 1. The van der Waals surface area contributed by atoms with Gasteiger partial charge in [-0.25, -0.2) is 9.97 Å². The van der Waals surface area contributed by atoms with Gasteiger partial charge in [-0.3, -0.25) is 4.40 Å². The second kappa shape index (κ2) is 2.62. The Morgan fingerprint density at radius 3 is 3.18 bits per heavy atom. The first-order chi connectivity index (χ1) is 5.40. The molecule has 0 aliphatic carbocycles. The minimum atomic E-state index is 0.752. The molecule has 2 aromatic heterocycles. The van der Waals surface area contributed by atoms with E-state index in [4.69, 9.17) is 0 Å². The molecule has 0 aliphatic heterocycles. The summed E-state index contributed by atoms with van der Waals surface area (Å²) in [4.78, 5) is 8.32. The van der Waals surface area contributed by atoms with Gasteiger partial charge in [0.05, 0.1) is 5.69 Å². The molecule has 0 atom stereocenters. The van der Waals surface area contributed by atoms with Crippen LogP contribution < -0.4 is 0 Å². The van der Waals surface area contributed by atoms with Crippen LogP contribution in [0, 0.1) is 0 Å². The van der Waals surface area contributed by atoms with E-state index in [1.165, 1.54) is 0 Å². The topological polar surface area (TPSA) is 30.2 Å². The van der Waals surface area contributed by atoms with E-state index in [0.29, 0.717) is 0 Å². The number of hydrogen-bond acceptors (Lipinski definition) is 2. The average molecular weight is 212 g/mol. The lowest BCUT2D eigenvalue weighted by Gasteiger charge is -1.85. The molecule has 0 spiro atoms. The molecular weight excluding hydrogens is 206 g/mol. The van der Waals surface area contributed by atoms with Crippen molar-refractivity contribution in [1.29, 1.82) is 0 Å². The van der Waals surface area contributed by atoms with Gasteiger partial charge in [0.25, 0.3) is 0 Å². The summed E-state index contributed by atoms with van der Waals surface area (Å²) in [6.07, 6.45) is 5.62. The van der Waals surface area contributed by atoms with Gasteiger partial charge in [0.2, 0.25) is 5.78 Å². The summed E-state index contributed by atoms with van der Waals surface area (Å²) >= 11 is 3.33. The third-order valence-corrected chi connectivity index (χ3v) is 2.00. The zero-order chi connectivity index (χ0) is 7.68. The number of alkyl halides is 1. The van der Waals surface area contributed by atoms with E-state index < -0.39 is 0 Å². The lowest BCUT2D eigenvalue weighted by Crippen LogP contribution is -1.82. The van der Waals surface area contributed by atoms with Crippen LogP contribution in [0.1, 0.15) is 5.69 Å². The quantitative estimate of drug-likeness (QED) is 0.672. The number of hydrogen-bond donors (Lipinski definition) is 0. The van der Waals surface area contributed by atoms with Crippen LogP contribution >= 0.6 is 15.9 Å². The molecule has 2 rings (SSSR count). The molecule has 0 unspecified atom stereocenters. The molecule has 0 aromatic carbocycles. The molecule has 2 heterocycles. The Kier molecular flexibility index (Phi) is 1.62. The number of halogens is 1. The lowest BCUT2D eigenvalue weighted by molar-refractivity contribution is 1.11. The molecule has 56 valence electrons. The molecule has 0 saturated heterocycles. The summed E-state index contributed by atoms with van der Waals surface area (Å²) in [5.74, 6) is 0.752. The van der Waals surface area contributed by atoms with Gasteiger partial charge in [-0.05, 0) is 6.07 Å². The summed E-state index contributed by atoms with van der Waals surface area (Å²) in [6.45, 7) is 0. The van der Waals surface area contributed by atoms with Crippen molar-refractivity contribution in [1.82, 2.24) is 14.4 Å². The highest BCUT2D eigenvalue weighted by Crippen LogP contribution is 2.04. The maximum Gasteiger partial charge on any atom is 0.233 e. The Labute approximate surface area is 72.2 Å². The van der Waals surface area contributed by atoms with E-state index in [-0.39, 0.29) is 0 Å². The Morgan fingerprint density at radius 2 is 2.45 bits per heavy atom. The molecule has 0 fully saturated rings. The monoisotopic (exact) mass is 211 g/mol. The van der Waals surface area contributed by atoms with Crippen molar-refractivity contribution in [2.45, 2.75) is 5.33 Å². The third-order valence-electron chi connectivity index (χ3n) is 1.42. The van der Waals surface area contributed by atoms with Gasteiger partial charge in [0, 0.05) is 23.9 Å². The van der Waals surface area contributed by atoms with Crippen LogP contribution in [0.4, 0.5) is 0 Å². The molecule has 0 N–H and O–H groups in total. The minimum Gasteiger partial charge on any atom is -0.291 e. The summed E-state index contributed by atoms with van der Waals surface area (Å²) in [7, 11) is 0. The van der Waals surface area contributed by atoms with E-state index in [9.17, 15) is 0 Å². The highest BCUT2D eigenvalue weighted by atomic mass is 79.9. The molecular formula is C7H6BrN3. The first-order valence-corrected chi connectivity index (χ1v) is 4.37. The Bertz CT molecular complexity index is 335. The van der Waals surface area contributed by atoms with Crippen molar-refractivity contribution >= 4 is 21.7 Å². The molecule has 0 amide bonds. The van der Waals surface area contributed by atoms with Gasteiger partial charge in [-0.1, -0.05) is 15.9 Å². The first-order valence-electron chi connectivity index (χ1n) is 3.25. The molecule has 2 aromatic rings. The van der Waals surface area contributed by atoms with Crippen molar-refractivity contribution in [2.24, 2.45) is 0 Å². The van der Waals surface area contributed by atoms with Crippen LogP contribution in [0.5, 0.6) is 0 Å². The van der Waals surface area contributed by atoms with E-state index in [1.54, 1.807) is 6.20 Å². The van der Waals surface area contributed by atoms with Crippen molar-refractivity contribution < 1.29 is 0 Å². The van der Waals surface area contributed by atoms with Gasteiger partial charge < -0.3 is 0 Å². The number of fused-ring (bicyclic) bond motifs is 1. The fraction of sp³-hybridized carbons (Fsp3) is 0.143. The van der Waals surface area contributed by atoms with Crippen LogP contribution in [-0.2, 0) is 5.33 Å². The molecule has 3 nitrogen and oxygen atoms in total. The maximum atomic E-state index is 4.24. The predicted molar refractivity (Wildman–Crippen MR) is 45.6 cm³/mol. The summed E-state index contributed by atoms with van der Waals surface area (Å²) < 4.78 is 1.90. The molecule has 0 saturated carbocycles. The van der Waals surface area contributed by atoms with Gasteiger partial charge >= 0.3 is 0 Å². The normalized spacial score (nSPS) is 10.6. The zero-order valence-corrected chi connectivity index (χ0v) is 7.32. The fourth-order valence-corrected chi connectivity index (χ4v) is 1.21. The molecule has 0 radical (unpaired) electrons. The highest BCUT2D eigenvalue weighted by molar-refractivity contribution is 9.08. The smallest absolute Gasteiger partial charge is 0.233 e. The number of nitrogens with zero attached hydrogens (tertiary/aromatic N) is 3. The fourth-order valence-electron chi connectivity index (χ4n) is 0.944. The van der Waals surface area contributed by atoms with E-state index in [2.05, 4.69) is 25.9 Å². The molecule has 0 bridgehead atoms. The zero-order valence-electron chi connectivity index (χ0n) is 5.74. The van der Waals surface area contributed by atoms with Crippen molar-refractivity contribution in [2.75, 3.05) is 0 Å². The largest absolute Gasteiger partial charge is 0.291 e. The predicted octanol–water partition coefficient (Wildman–Crippen LogP) is 1.62. The van der Waals surface area contributed by atoms with Crippen molar-refractivity contribution in [3.63, 3.8) is 0 Å². The summed E-state index contributed by atoms with van der Waals surface area (Å²) in [6, 6.07) is 1.88. The van der Waals surface area contributed by atoms with Crippen LogP contribution in [0.3, 0.4) is 0 Å². The Morgan fingerprint density at radius 1 is 1.55 bits per heavy atom. The molecule has 4 heteroatoms. The standard InChI is InChI=1S/C7H6BrN3/c8-4-6-5-11-3-1-2-9-7(11)10-6/h1-3,5H,4H2. The van der Waals surface area contributed by atoms with Crippen LogP contribution in [0.25, 0.3) is 5.78 Å². The summed E-state index contributed by atoms with van der Waals surface area (Å²) in [5.41, 5.74) is 1.00. The highest BCUT2D eigenvalue weighted by Gasteiger charge is 1.97. The van der Waals surface area contributed by atoms with E-state index >= 15 is 0 Å². The van der Waals surface area contributed by atoms with Gasteiger partial charge in [-0.2, -0.15) is 0 Å². The van der Waals surface area contributed by atoms with Crippen LogP contribution in [-0.4, -0.2) is 14.4 Å². The number of imidazole rings is 1. The van der Waals surface area contributed by atoms with E-state index in [0.717, 1.165) is 16.8 Å². The van der Waals surface area contributed by atoms with Crippen molar-refractivity contribution in [3.05, 3.63) is 30.4 Å². The second-order valence-corrected chi connectivity index (χ2v) is 2.75. The first kappa shape index (κ1) is 6.79. The third kappa shape index (κ3) is 1.14. The molecule has 0 aliphatic rings. The minimum absolute atomic E-state index is 0.752. The van der Waals surface area contributed by atoms with Gasteiger partial charge in [0.1, 0.15) is 0 Å². The maximum absolute atomic E-state index is 4.24. The van der Waals surface area contributed by atoms with Crippen molar-refractivity contribution in [3.8, 4) is 0 Å². The SMILES string of the molecule is BrCc1cn2cccnc2n1.